The van der Waals surface area contributed by atoms with Crippen LogP contribution in [0.4, 0.5) is 10.1 Å². The molecule has 1 amide bonds. The second-order valence-electron chi connectivity index (χ2n) is 3.18. The van der Waals surface area contributed by atoms with Crippen LogP contribution < -0.4 is 11.1 Å². The van der Waals surface area contributed by atoms with E-state index in [0.717, 1.165) is 0 Å². The zero-order chi connectivity index (χ0) is 12.1. The molecule has 6 heteroatoms. The lowest BCUT2D eigenvalue weighted by Gasteiger charge is -2.11. The summed E-state index contributed by atoms with van der Waals surface area (Å²) in [5.41, 5.74) is 6.00. The summed E-state index contributed by atoms with van der Waals surface area (Å²) in [5, 5.41) is 2.55. The molecule has 0 aromatic heterocycles. The van der Waals surface area contributed by atoms with Crippen LogP contribution in [0.5, 0.6) is 0 Å². The van der Waals surface area contributed by atoms with Crippen molar-refractivity contribution in [2.45, 2.75) is 6.04 Å². The third kappa shape index (κ3) is 3.55. The van der Waals surface area contributed by atoms with Crippen molar-refractivity contribution >= 4 is 27.5 Å². The molecule has 88 valence electrons. The number of ether oxygens (including phenoxy) is 1. The van der Waals surface area contributed by atoms with E-state index in [4.69, 9.17) is 10.5 Å². The van der Waals surface area contributed by atoms with Crippen molar-refractivity contribution in [1.29, 1.82) is 0 Å². The van der Waals surface area contributed by atoms with Gasteiger partial charge in [0, 0.05) is 12.8 Å². The Morgan fingerprint density at radius 2 is 2.38 bits per heavy atom. The van der Waals surface area contributed by atoms with Gasteiger partial charge < -0.3 is 15.8 Å². The van der Waals surface area contributed by atoms with Gasteiger partial charge in [0.25, 0.3) is 0 Å². The SMILES string of the molecule is COCC(N)C(=O)Nc1ccc(F)c(Br)c1. The molecule has 0 saturated heterocycles. The normalized spacial score (nSPS) is 12.2. The fourth-order valence-corrected chi connectivity index (χ4v) is 1.44. The van der Waals surface area contributed by atoms with E-state index in [1.807, 2.05) is 0 Å². The van der Waals surface area contributed by atoms with Crippen LogP contribution in [0.25, 0.3) is 0 Å². The zero-order valence-corrected chi connectivity index (χ0v) is 10.3. The van der Waals surface area contributed by atoms with Gasteiger partial charge in [0.2, 0.25) is 5.91 Å². The van der Waals surface area contributed by atoms with E-state index in [9.17, 15) is 9.18 Å². The van der Waals surface area contributed by atoms with Crippen molar-refractivity contribution in [3.63, 3.8) is 0 Å². The highest BCUT2D eigenvalue weighted by Gasteiger charge is 2.13. The van der Waals surface area contributed by atoms with Gasteiger partial charge >= 0.3 is 0 Å². The molecule has 0 saturated carbocycles. The Hall–Kier alpha value is -0.980. The topological polar surface area (TPSA) is 64.3 Å². The monoisotopic (exact) mass is 290 g/mol. The van der Waals surface area contributed by atoms with Gasteiger partial charge in [0.1, 0.15) is 11.9 Å². The Labute approximate surface area is 101 Å². The van der Waals surface area contributed by atoms with E-state index < -0.39 is 6.04 Å². The summed E-state index contributed by atoms with van der Waals surface area (Å²) in [4.78, 5) is 11.5. The maximum Gasteiger partial charge on any atom is 0.243 e. The molecular weight excluding hydrogens is 279 g/mol. The number of nitrogens with one attached hydrogen (secondary N) is 1. The minimum Gasteiger partial charge on any atom is -0.383 e. The number of methoxy groups -OCH3 is 1. The van der Waals surface area contributed by atoms with Crippen LogP contribution in [0.15, 0.2) is 22.7 Å². The van der Waals surface area contributed by atoms with Crippen molar-refractivity contribution in [3.05, 3.63) is 28.5 Å². The highest BCUT2D eigenvalue weighted by atomic mass is 79.9. The largest absolute Gasteiger partial charge is 0.383 e. The fourth-order valence-electron chi connectivity index (χ4n) is 1.06. The average molecular weight is 291 g/mol. The number of amides is 1. The summed E-state index contributed by atoms with van der Waals surface area (Å²) >= 11 is 3.02. The quantitative estimate of drug-likeness (QED) is 0.883. The number of halogens is 2. The van der Waals surface area contributed by atoms with Crippen LogP contribution in [-0.2, 0) is 9.53 Å². The van der Waals surface area contributed by atoms with Crippen molar-refractivity contribution in [1.82, 2.24) is 0 Å². The zero-order valence-electron chi connectivity index (χ0n) is 8.67. The Bertz CT molecular complexity index is 387. The second kappa shape index (κ2) is 5.93. The highest BCUT2D eigenvalue weighted by Crippen LogP contribution is 2.19. The van der Waals surface area contributed by atoms with Crippen LogP contribution in [0, 0.1) is 5.82 Å². The molecule has 0 radical (unpaired) electrons. The van der Waals surface area contributed by atoms with Crippen LogP contribution in [-0.4, -0.2) is 25.7 Å². The van der Waals surface area contributed by atoms with Crippen molar-refractivity contribution in [2.24, 2.45) is 5.73 Å². The van der Waals surface area contributed by atoms with E-state index >= 15 is 0 Å². The highest BCUT2D eigenvalue weighted by molar-refractivity contribution is 9.10. The lowest BCUT2D eigenvalue weighted by atomic mass is 10.2. The van der Waals surface area contributed by atoms with Gasteiger partial charge in [-0.25, -0.2) is 4.39 Å². The lowest BCUT2D eigenvalue weighted by molar-refractivity contribution is -0.118. The molecule has 0 aliphatic carbocycles. The molecule has 1 aromatic rings. The molecule has 0 aliphatic heterocycles. The number of hydrogen-bond donors (Lipinski definition) is 2. The minimum absolute atomic E-state index is 0.133. The molecule has 1 rings (SSSR count). The van der Waals surface area contributed by atoms with E-state index in [1.54, 1.807) is 0 Å². The summed E-state index contributed by atoms with van der Waals surface area (Å²) < 4.78 is 17.9. The molecule has 0 heterocycles. The summed E-state index contributed by atoms with van der Waals surface area (Å²) in [6, 6.07) is 3.43. The van der Waals surface area contributed by atoms with Gasteiger partial charge in [-0.15, -0.1) is 0 Å². The first-order chi connectivity index (χ1) is 7.54. The Morgan fingerprint density at radius 3 is 2.94 bits per heavy atom. The molecule has 0 bridgehead atoms. The van der Waals surface area contributed by atoms with E-state index in [-0.39, 0.29) is 22.8 Å². The summed E-state index contributed by atoms with van der Waals surface area (Å²) in [6.07, 6.45) is 0. The smallest absolute Gasteiger partial charge is 0.243 e. The van der Waals surface area contributed by atoms with Crippen LogP contribution in [0.3, 0.4) is 0 Å². The number of anilines is 1. The molecule has 0 fully saturated rings. The standard InChI is InChI=1S/C10H12BrFN2O2/c1-16-5-9(13)10(15)14-6-2-3-8(12)7(11)4-6/h2-4,9H,5,13H2,1H3,(H,14,15). The van der Waals surface area contributed by atoms with Gasteiger partial charge in [0.05, 0.1) is 11.1 Å². The van der Waals surface area contributed by atoms with Crippen LogP contribution >= 0.6 is 15.9 Å². The Balaban J connectivity index is 2.66. The minimum atomic E-state index is -0.742. The molecule has 1 unspecified atom stereocenters. The molecule has 1 aromatic carbocycles. The van der Waals surface area contributed by atoms with Crippen molar-refractivity contribution < 1.29 is 13.9 Å². The first-order valence-corrected chi connectivity index (χ1v) is 5.34. The Kier molecular flexibility index (Phi) is 4.85. The predicted octanol–water partition coefficient (Wildman–Crippen LogP) is 1.50. The summed E-state index contributed by atoms with van der Waals surface area (Å²) in [7, 11) is 1.46. The van der Waals surface area contributed by atoms with Gasteiger partial charge in [-0.05, 0) is 34.1 Å². The van der Waals surface area contributed by atoms with Gasteiger partial charge in [-0.2, -0.15) is 0 Å². The summed E-state index contributed by atoms with van der Waals surface area (Å²) in [6.45, 7) is 0.133. The number of nitrogens with two attached hydrogens (primary N) is 1. The number of carbonyl (C=O) groups is 1. The molecule has 16 heavy (non-hydrogen) atoms. The maximum atomic E-state index is 12.9. The third-order valence-electron chi connectivity index (χ3n) is 1.87. The number of benzene rings is 1. The van der Waals surface area contributed by atoms with Crippen LogP contribution in [0.2, 0.25) is 0 Å². The number of carbonyl (C=O) groups excluding carboxylic acids is 1. The predicted molar refractivity (Wildman–Crippen MR) is 62.6 cm³/mol. The van der Waals surface area contributed by atoms with E-state index in [2.05, 4.69) is 21.2 Å². The fraction of sp³-hybridized carbons (Fsp3) is 0.300. The second-order valence-corrected chi connectivity index (χ2v) is 4.03. The molecule has 0 spiro atoms. The number of hydrogen-bond acceptors (Lipinski definition) is 3. The van der Waals surface area contributed by atoms with Crippen molar-refractivity contribution in [3.8, 4) is 0 Å². The van der Waals surface area contributed by atoms with Crippen LogP contribution in [0.1, 0.15) is 0 Å². The Morgan fingerprint density at radius 1 is 1.69 bits per heavy atom. The molecule has 1 atom stereocenters. The van der Waals surface area contributed by atoms with Gasteiger partial charge in [0.15, 0.2) is 0 Å². The average Bonchev–Trinajstić information content (AvgIpc) is 2.24. The lowest BCUT2D eigenvalue weighted by Crippen LogP contribution is -2.39. The molecule has 0 aliphatic rings. The number of rotatable bonds is 4. The van der Waals surface area contributed by atoms with Gasteiger partial charge in [-0.3, -0.25) is 4.79 Å². The molecule has 4 nitrogen and oxygen atoms in total. The maximum absolute atomic E-state index is 12.9. The molecule has 3 N–H and O–H groups in total. The van der Waals surface area contributed by atoms with E-state index in [1.165, 1.54) is 25.3 Å². The third-order valence-corrected chi connectivity index (χ3v) is 2.48. The summed E-state index contributed by atoms with van der Waals surface area (Å²) in [5.74, 6) is -0.764. The van der Waals surface area contributed by atoms with Crippen molar-refractivity contribution in [2.75, 3.05) is 19.0 Å². The first kappa shape index (κ1) is 13.1. The molecular formula is C10H12BrFN2O2. The van der Waals surface area contributed by atoms with Gasteiger partial charge in [-0.1, -0.05) is 0 Å². The first-order valence-electron chi connectivity index (χ1n) is 4.55. The van der Waals surface area contributed by atoms with E-state index in [0.29, 0.717) is 5.69 Å².